The molecule has 0 saturated carbocycles. The van der Waals surface area contributed by atoms with Crippen LogP contribution in [0.15, 0.2) is 23.1 Å². The lowest BCUT2D eigenvalue weighted by Crippen LogP contribution is -2.44. The van der Waals surface area contributed by atoms with Gasteiger partial charge in [-0.2, -0.15) is 0 Å². The van der Waals surface area contributed by atoms with Crippen molar-refractivity contribution < 1.29 is 26.3 Å². The van der Waals surface area contributed by atoms with E-state index in [1.165, 1.54) is 32.4 Å². The van der Waals surface area contributed by atoms with Gasteiger partial charge in [0.25, 0.3) is 0 Å². The second kappa shape index (κ2) is 8.14. The van der Waals surface area contributed by atoms with Crippen molar-refractivity contribution in [2.24, 2.45) is 0 Å². The van der Waals surface area contributed by atoms with Crippen LogP contribution in [0.4, 0.5) is 0 Å². The first-order valence-corrected chi connectivity index (χ1v) is 11.9. The first kappa shape index (κ1) is 21.0. The van der Waals surface area contributed by atoms with Crippen molar-refractivity contribution in [3.8, 4) is 11.5 Å². The summed E-state index contributed by atoms with van der Waals surface area (Å²) >= 11 is 0. The predicted molar refractivity (Wildman–Crippen MR) is 100 cm³/mol. The Bertz CT molecular complexity index is 835. The van der Waals surface area contributed by atoms with Crippen LogP contribution in [-0.2, 0) is 19.7 Å². The molecule has 1 aromatic carbocycles. The van der Waals surface area contributed by atoms with Gasteiger partial charge >= 0.3 is 0 Å². The average molecular weight is 406 g/mol. The molecule has 0 amide bonds. The van der Waals surface area contributed by atoms with E-state index in [2.05, 4.69) is 0 Å². The molecular formula is C17H27NO6S2. The normalized spacial score (nSPS) is 22.5. The summed E-state index contributed by atoms with van der Waals surface area (Å²) in [6, 6.07) is 3.79. The molecule has 0 aliphatic carbocycles. The summed E-state index contributed by atoms with van der Waals surface area (Å²) in [5, 5.41) is -0.993. The second-order valence-electron chi connectivity index (χ2n) is 6.58. The Hall–Kier alpha value is -1.32. The molecule has 0 radical (unpaired) electrons. The lowest BCUT2D eigenvalue weighted by molar-refractivity contribution is 0.259. The quantitative estimate of drug-likeness (QED) is 0.645. The van der Waals surface area contributed by atoms with Gasteiger partial charge in [0.05, 0.1) is 35.9 Å². The summed E-state index contributed by atoms with van der Waals surface area (Å²) < 4.78 is 61.1. The molecule has 0 bridgehead atoms. The first-order chi connectivity index (χ1) is 12.2. The number of hydrogen-bond donors (Lipinski definition) is 0. The van der Waals surface area contributed by atoms with Gasteiger partial charge in [0.2, 0.25) is 0 Å². The van der Waals surface area contributed by atoms with Crippen LogP contribution in [-0.4, -0.2) is 72.3 Å². The lowest BCUT2D eigenvalue weighted by atomic mass is 10.2. The highest BCUT2D eigenvalue weighted by Gasteiger charge is 2.47. The molecule has 0 N–H and O–H groups in total. The van der Waals surface area contributed by atoms with Crippen molar-refractivity contribution in [2.45, 2.75) is 36.0 Å². The molecule has 148 valence electrons. The van der Waals surface area contributed by atoms with Crippen LogP contribution in [0.3, 0.4) is 0 Å². The van der Waals surface area contributed by atoms with Gasteiger partial charge in [-0.3, -0.25) is 0 Å². The van der Waals surface area contributed by atoms with E-state index in [0.29, 0.717) is 18.0 Å². The summed E-state index contributed by atoms with van der Waals surface area (Å²) in [5.74, 6) is 0.224. The number of unbranched alkanes of at least 4 members (excludes halogenated alkanes) is 1. The third-order valence-corrected chi connectivity index (χ3v) is 8.90. The molecule has 1 saturated heterocycles. The van der Waals surface area contributed by atoms with E-state index in [0.717, 1.165) is 12.8 Å². The molecule has 0 unspecified atom stereocenters. The van der Waals surface area contributed by atoms with Crippen molar-refractivity contribution >= 4 is 19.7 Å². The molecule has 2 atom stereocenters. The molecule has 26 heavy (non-hydrogen) atoms. The summed E-state index contributed by atoms with van der Waals surface area (Å²) in [5.41, 5.74) is 0. The zero-order valence-electron chi connectivity index (χ0n) is 15.6. The van der Waals surface area contributed by atoms with E-state index < -0.39 is 31.0 Å². The minimum atomic E-state index is -3.84. The molecular weight excluding hydrogens is 378 g/mol. The van der Waals surface area contributed by atoms with Gasteiger partial charge < -0.3 is 14.4 Å². The minimum Gasteiger partial charge on any atom is -0.493 e. The molecule has 1 aliphatic rings. The van der Waals surface area contributed by atoms with E-state index in [4.69, 9.17) is 9.47 Å². The molecule has 9 heteroatoms. The number of nitrogens with zero attached hydrogens (tertiary/aromatic N) is 1. The van der Waals surface area contributed by atoms with Gasteiger partial charge in [-0.1, -0.05) is 13.3 Å². The van der Waals surface area contributed by atoms with E-state index in [-0.39, 0.29) is 16.4 Å². The number of methoxy groups -OCH3 is 2. The van der Waals surface area contributed by atoms with Crippen molar-refractivity contribution in [2.75, 3.05) is 39.3 Å². The molecule has 7 nitrogen and oxygen atoms in total. The topological polar surface area (TPSA) is 90.0 Å². The van der Waals surface area contributed by atoms with Gasteiger partial charge in [-0.25, -0.2) is 16.8 Å². The zero-order chi connectivity index (χ0) is 19.5. The standard InChI is InChI=1S/C17H27NO6S2/c1-5-6-9-18(2)14-11-25(19,20)12-17(14)26(21,22)13-7-8-15(23-3)16(10-13)24-4/h7-8,10,14,17H,5-6,9,11-12H2,1-4H3/t14-,17-/m0/s1. The van der Waals surface area contributed by atoms with Gasteiger partial charge in [0.1, 0.15) is 0 Å². The van der Waals surface area contributed by atoms with Gasteiger partial charge in [-0.15, -0.1) is 0 Å². The number of benzene rings is 1. The van der Waals surface area contributed by atoms with Crippen LogP contribution in [0.2, 0.25) is 0 Å². The first-order valence-electron chi connectivity index (χ1n) is 8.53. The number of rotatable bonds is 8. The Balaban J connectivity index is 2.42. The lowest BCUT2D eigenvalue weighted by Gasteiger charge is -2.28. The van der Waals surface area contributed by atoms with E-state index in [9.17, 15) is 16.8 Å². The van der Waals surface area contributed by atoms with E-state index in [1.54, 1.807) is 7.05 Å². The molecule has 1 fully saturated rings. The fourth-order valence-corrected chi connectivity index (χ4v) is 8.17. The Morgan fingerprint density at radius 1 is 1.15 bits per heavy atom. The third kappa shape index (κ3) is 4.32. The Morgan fingerprint density at radius 3 is 2.38 bits per heavy atom. The number of hydrogen-bond acceptors (Lipinski definition) is 7. The maximum absolute atomic E-state index is 13.2. The monoisotopic (exact) mass is 405 g/mol. The zero-order valence-corrected chi connectivity index (χ0v) is 17.3. The van der Waals surface area contributed by atoms with Crippen molar-refractivity contribution in [1.29, 1.82) is 0 Å². The van der Waals surface area contributed by atoms with Gasteiger partial charge in [0.15, 0.2) is 31.2 Å². The van der Waals surface area contributed by atoms with Crippen molar-refractivity contribution in [3.63, 3.8) is 0 Å². The van der Waals surface area contributed by atoms with Crippen molar-refractivity contribution in [1.82, 2.24) is 4.90 Å². The number of ether oxygens (including phenoxy) is 2. The maximum Gasteiger partial charge on any atom is 0.183 e. The summed E-state index contributed by atoms with van der Waals surface area (Å²) in [7, 11) is -2.57. The third-order valence-electron chi connectivity index (χ3n) is 4.78. The largest absolute Gasteiger partial charge is 0.493 e. The fourth-order valence-electron chi connectivity index (χ4n) is 3.25. The van der Waals surface area contributed by atoms with Crippen LogP contribution in [0.1, 0.15) is 19.8 Å². The van der Waals surface area contributed by atoms with Crippen molar-refractivity contribution in [3.05, 3.63) is 18.2 Å². The van der Waals surface area contributed by atoms with E-state index >= 15 is 0 Å². The second-order valence-corrected chi connectivity index (χ2v) is 10.9. The summed E-state index contributed by atoms with van der Waals surface area (Å²) in [6.45, 7) is 2.70. The van der Waals surface area contributed by atoms with Crippen LogP contribution in [0.5, 0.6) is 11.5 Å². The average Bonchev–Trinajstić information content (AvgIpc) is 2.95. The molecule has 1 heterocycles. The SMILES string of the molecule is CCCCN(C)[C@H]1CS(=O)(=O)C[C@@H]1S(=O)(=O)c1ccc(OC)c(OC)c1. The van der Waals surface area contributed by atoms with Gasteiger partial charge in [-0.05, 0) is 32.1 Å². The molecule has 2 rings (SSSR count). The van der Waals surface area contributed by atoms with E-state index in [1.807, 2.05) is 11.8 Å². The van der Waals surface area contributed by atoms with Gasteiger partial charge in [0, 0.05) is 12.1 Å². The summed E-state index contributed by atoms with van der Waals surface area (Å²) in [6.07, 6.45) is 1.84. The molecule has 1 aromatic rings. The smallest absolute Gasteiger partial charge is 0.183 e. The fraction of sp³-hybridized carbons (Fsp3) is 0.647. The Morgan fingerprint density at radius 2 is 1.81 bits per heavy atom. The Labute approximate surface area is 156 Å². The van der Waals surface area contributed by atoms with Crippen LogP contribution in [0, 0.1) is 0 Å². The predicted octanol–water partition coefficient (Wildman–Crippen LogP) is 1.38. The number of sulfone groups is 2. The highest BCUT2D eigenvalue weighted by Crippen LogP contribution is 2.34. The van der Waals surface area contributed by atoms with Crippen LogP contribution >= 0.6 is 0 Å². The highest BCUT2D eigenvalue weighted by molar-refractivity contribution is 7.96. The highest BCUT2D eigenvalue weighted by atomic mass is 32.2. The molecule has 1 aliphatic heterocycles. The Kier molecular flexibility index (Phi) is 6.57. The maximum atomic E-state index is 13.2. The molecule has 0 spiro atoms. The minimum absolute atomic E-state index is 0.0474. The molecule has 0 aromatic heterocycles. The van der Waals surface area contributed by atoms with Crippen LogP contribution < -0.4 is 9.47 Å². The van der Waals surface area contributed by atoms with Crippen LogP contribution in [0.25, 0.3) is 0 Å². The summed E-state index contributed by atoms with van der Waals surface area (Å²) in [4.78, 5) is 1.91.